The average Bonchev–Trinajstić information content (AvgIpc) is 3.17. The van der Waals surface area contributed by atoms with E-state index in [1.165, 1.54) is 122 Å². The fourth-order valence-electron chi connectivity index (χ4n) is 6.13. The van der Waals surface area contributed by atoms with E-state index in [-0.39, 0.29) is 32.6 Å². The molecule has 322 valence electrons. The molecule has 0 spiro atoms. The Labute approximate surface area is 337 Å². The van der Waals surface area contributed by atoms with E-state index in [2.05, 4.69) is 50.3 Å². The zero-order valence-corrected chi connectivity index (χ0v) is 36.3. The van der Waals surface area contributed by atoms with Crippen LogP contribution in [0.15, 0.2) is 36.5 Å². The van der Waals surface area contributed by atoms with Crippen molar-refractivity contribution in [2.45, 2.75) is 213 Å². The highest BCUT2D eigenvalue weighted by atomic mass is 31.2. The first-order chi connectivity index (χ1) is 26.8. The van der Waals surface area contributed by atoms with Crippen LogP contribution in [0.1, 0.15) is 206 Å². The number of hydrogen-bond acceptors (Lipinski definition) is 8. The molecular formula is C45H84NO8P. The molecule has 0 aromatic heterocycles. The maximum absolute atomic E-state index is 12.6. The first-order valence-electron chi connectivity index (χ1n) is 22.5. The van der Waals surface area contributed by atoms with Crippen LogP contribution in [0.2, 0.25) is 0 Å². The first kappa shape index (κ1) is 53.2. The van der Waals surface area contributed by atoms with Gasteiger partial charge in [0.1, 0.15) is 6.61 Å². The number of carbonyl (C=O) groups is 2. The summed E-state index contributed by atoms with van der Waals surface area (Å²) < 4.78 is 32.8. The smallest absolute Gasteiger partial charge is 0.462 e. The summed E-state index contributed by atoms with van der Waals surface area (Å²) >= 11 is 0. The lowest BCUT2D eigenvalue weighted by Gasteiger charge is -2.19. The molecule has 3 N–H and O–H groups in total. The molecule has 0 aromatic carbocycles. The summed E-state index contributed by atoms with van der Waals surface area (Å²) in [5.74, 6) is -0.866. The number of phosphoric acid groups is 1. The van der Waals surface area contributed by atoms with Gasteiger partial charge in [0.25, 0.3) is 0 Å². The number of nitrogens with two attached hydrogens (primary N) is 1. The maximum atomic E-state index is 12.6. The van der Waals surface area contributed by atoms with Gasteiger partial charge in [0.2, 0.25) is 0 Å². The van der Waals surface area contributed by atoms with Gasteiger partial charge in [0.05, 0.1) is 13.2 Å². The molecular weight excluding hydrogens is 713 g/mol. The Kier molecular flexibility index (Phi) is 40.5. The molecule has 0 aromatic rings. The Bertz CT molecular complexity index is 1000. The largest absolute Gasteiger partial charge is 0.472 e. The van der Waals surface area contributed by atoms with Crippen molar-refractivity contribution in [1.82, 2.24) is 0 Å². The molecule has 0 heterocycles. The minimum absolute atomic E-state index is 0.0489. The lowest BCUT2D eigenvalue weighted by Crippen LogP contribution is -2.29. The van der Waals surface area contributed by atoms with E-state index in [1.54, 1.807) is 0 Å². The molecule has 0 bridgehead atoms. The van der Waals surface area contributed by atoms with Gasteiger partial charge in [-0.25, -0.2) is 4.57 Å². The zero-order valence-electron chi connectivity index (χ0n) is 35.4. The highest BCUT2D eigenvalue weighted by Crippen LogP contribution is 2.43. The fraction of sp³-hybridized carbons (Fsp3) is 0.822. The average molecular weight is 798 g/mol. The Hall–Kier alpha value is -1.77. The van der Waals surface area contributed by atoms with Crippen molar-refractivity contribution in [2.24, 2.45) is 5.73 Å². The van der Waals surface area contributed by atoms with E-state index in [1.807, 2.05) is 0 Å². The Balaban J connectivity index is 4.16. The van der Waals surface area contributed by atoms with E-state index < -0.39 is 32.5 Å². The summed E-state index contributed by atoms with van der Waals surface area (Å²) in [6.45, 7) is 3.69. The number of ether oxygens (including phenoxy) is 2. The molecule has 0 amide bonds. The van der Waals surface area contributed by atoms with Gasteiger partial charge in [0, 0.05) is 19.4 Å². The van der Waals surface area contributed by atoms with E-state index in [0.717, 1.165) is 44.9 Å². The Morgan fingerprint density at radius 3 is 1.44 bits per heavy atom. The predicted octanol–water partition coefficient (Wildman–Crippen LogP) is 12.9. The summed E-state index contributed by atoms with van der Waals surface area (Å²) in [6, 6.07) is 0. The van der Waals surface area contributed by atoms with Gasteiger partial charge >= 0.3 is 19.8 Å². The highest BCUT2D eigenvalue weighted by molar-refractivity contribution is 7.47. The third-order valence-corrected chi connectivity index (χ3v) is 10.5. The molecule has 9 nitrogen and oxygen atoms in total. The number of unbranched alkanes of at least 4 members (excludes halogenated alkanes) is 23. The number of phosphoric ester groups is 1. The molecule has 0 fully saturated rings. The van der Waals surface area contributed by atoms with Crippen LogP contribution in [-0.4, -0.2) is 49.3 Å². The third-order valence-electron chi connectivity index (χ3n) is 9.50. The maximum Gasteiger partial charge on any atom is 0.472 e. The van der Waals surface area contributed by atoms with Crippen LogP contribution in [0.3, 0.4) is 0 Å². The normalized spacial score (nSPS) is 13.6. The second kappa shape index (κ2) is 41.9. The molecule has 2 atom stereocenters. The van der Waals surface area contributed by atoms with Crippen LogP contribution < -0.4 is 5.73 Å². The molecule has 0 saturated carbocycles. The van der Waals surface area contributed by atoms with E-state index >= 15 is 0 Å². The van der Waals surface area contributed by atoms with Gasteiger partial charge in [-0.1, -0.05) is 159 Å². The number of rotatable bonds is 42. The van der Waals surface area contributed by atoms with Crippen molar-refractivity contribution in [3.8, 4) is 0 Å². The van der Waals surface area contributed by atoms with Crippen molar-refractivity contribution in [3.05, 3.63) is 36.5 Å². The van der Waals surface area contributed by atoms with Crippen LogP contribution >= 0.6 is 7.82 Å². The van der Waals surface area contributed by atoms with Crippen molar-refractivity contribution in [3.63, 3.8) is 0 Å². The van der Waals surface area contributed by atoms with Crippen molar-refractivity contribution < 1.29 is 37.6 Å². The molecule has 0 aliphatic heterocycles. The van der Waals surface area contributed by atoms with Crippen LogP contribution in [0.4, 0.5) is 0 Å². The summed E-state index contributed by atoms with van der Waals surface area (Å²) in [6.07, 6.45) is 46.0. The Morgan fingerprint density at radius 2 is 0.945 bits per heavy atom. The van der Waals surface area contributed by atoms with Crippen LogP contribution in [0, 0.1) is 0 Å². The van der Waals surface area contributed by atoms with E-state index in [4.69, 9.17) is 24.3 Å². The minimum atomic E-state index is -4.38. The number of esters is 2. The molecule has 0 saturated heterocycles. The lowest BCUT2D eigenvalue weighted by atomic mass is 10.1. The highest BCUT2D eigenvalue weighted by Gasteiger charge is 2.26. The quantitative estimate of drug-likeness (QED) is 0.0268. The van der Waals surface area contributed by atoms with Crippen molar-refractivity contribution in [1.29, 1.82) is 0 Å². The number of hydrogen-bond donors (Lipinski definition) is 2. The molecule has 0 aliphatic carbocycles. The third kappa shape index (κ3) is 41.7. The summed E-state index contributed by atoms with van der Waals surface area (Å²) in [7, 11) is -4.38. The summed E-state index contributed by atoms with van der Waals surface area (Å²) in [5.41, 5.74) is 5.35. The summed E-state index contributed by atoms with van der Waals surface area (Å²) in [4.78, 5) is 34.9. The second-order valence-corrected chi connectivity index (χ2v) is 16.4. The molecule has 0 rings (SSSR count). The molecule has 1 unspecified atom stereocenters. The first-order valence-corrected chi connectivity index (χ1v) is 24.0. The molecule has 0 aliphatic rings. The monoisotopic (exact) mass is 798 g/mol. The van der Waals surface area contributed by atoms with Crippen molar-refractivity contribution in [2.75, 3.05) is 26.4 Å². The number of carbonyl (C=O) groups excluding carboxylic acids is 2. The summed E-state index contributed by atoms with van der Waals surface area (Å²) in [5, 5.41) is 0. The zero-order chi connectivity index (χ0) is 40.3. The van der Waals surface area contributed by atoms with Gasteiger partial charge < -0.3 is 20.1 Å². The minimum Gasteiger partial charge on any atom is -0.462 e. The molecule has 10 heteroatoms. The standard InChI is InChI=1S/C45H84NO8P/c1-3-5-7-9-11-13-15-17-19-20-21-22-24-26-28-30-32-34-36-38-45(48)54-43(42-53-55(49,50)52-40-39-46)41-51-44(47)37-35-33-31-29-27-25-23-18-16-14-12-10-8-6-4-2/h17-19,23,27,29,43H,3-16,20-22,24-26,28,30-42,46H2,1-2H3,(H,49,50)/b19-17+,23-18+,29-27+/t43-/m1/s1. The van der Waals surface area contributed by atoms with Crippen LogP contribution in [0.25, 0.3) is 0 Å². The molecule has 0 radical (unpaired) electrons. The van der Waals surface area contributed by atoms with Gasteiger partial charge in [-0.2, -0.15) is 0 Å². The molecule has 55 heavy (non-hydrogen) atoms. The van der Waals surface area contributed by atoms with E-state index in [0.29, 0.717) is 12.8 Å². The topological polar surface area (TPSA) is 134 Å². The SMILES string of the molecule is CCCCCCCC/C=C/C/C=C/CCCCC(=O)OC[C@H](COP(=O)(O)OCCN)OC(=O)CCCCCCCCCCC/C=C/CCCCCCCC. The fourth-order valence-corrected chi connectivity index (χ4v) is 6.89. The Morgan fingerprint density at radius 1 is 0.545 bits per heavy atom. The van der Waals surface area contributed by atoms with Crippen LogP contribution in [0.5, 0.6) is 0 Å². The van der Waals surface area contributed by atoms with Crippen LogP contribution in [-0.2, 0) is 32.7 Å². The predicted molar refractivity (Wildman–Crippen MR) is 229 cm³/mol. The van der Waals surface area contributed by atoms with Gasteiger partial charge in [0.15, 0.2) is 6.10 Å². The van der Waals surface area contributed by atoms with Gasteiger partial charge in [-0.05, 0) is 70.6 Å². The lowest BCUT2D eigenvalue weighted by molar-refractivity contribution is -0.161. The second-order valence-electron chi connectivity index (χ2n) is 14.9. The number of allylic oxidation sites excluding steroid dienone is 6. The van der Waals surface area contributed by atoms with Gasteiger partial charge in [-0.15, -0.1) is 0 Å². The van der Waals surface area contributed by atoms with Crippen molar-refractivity contribution >= 4 is 19.8 Å². The van der Waals surface area contributed by atoms with E-state index in [9.17, 15) is 19.0 Å². The van der Waals surface area contributed by atoms with Gasteiger partial charge in [-0.3, -0.25) is 18.6 Å².